The smallest absolute Gasteiger partial charge is 0.256 e. The number of nitrogens with zero attached hydrogens (tertiary/aromatic N) is 3. The molecule has 6 nitrogen and oxygen atoms in total. The van der Waals surface area contributed by atoms with Gasteiger partial charge in [-0.3, -0.25) is 14.4 Å². The summed E-state index contributed by atoms with van der Waals surface area (Å²) in [7, 11) is 1.94. The van der Waals surface area contributed by atoms with Gasteiger partial charge in [-0.1, -0.05) is 6.92 Å². The first-order chi connectivity index (χ1) is 11.5. The highest BCUT2D eigenvalue weighted by Crippen LogP contribution is 2.41. The summed E-state index contributed by atoms with van der Waals surface area (Å²) in [5, 5.41) is 12.2. The van der Waals surface area contributed by atoms with E-state index in [9.17, 15) is 4.79 Å². The highest BCUT2D eigenvalue weighted by atomic mass is 32.1. The van der Waals surface area contributed by atoms with Crippen molar-refractivity contribution in [3.8, 4) is 0 Å². The maximum absolute atomic E-state index is 12.8. The van der Waals surface area contributed by atoms with Crippen molar-refractivity contribution in [1.82, 2.24) is 20.0 Å². The number of aryl methyl sites for hydroxylation is 2. The molecule has 24 heavy (non-hydrogen) atoms. The van der Waals surface area contributed by atoms with E-state index in [4.69, 9.17) is 0 Å². The molecule has 2 aromatic heterocycles. The second kappa shape index (κ2) is 5.60. The Morgan fingerprint density at radius 3 is 2.79 bits per heavy atom. The number of thiophene rings is 1. The Hall–Kier alpha value is -1.86. The van der Waals surface area contributed by atoms with E-state index in [1.165, 1.54) is 10.4 Å². The molecule has 1 amide bonds. The van der Waals surface area contributed by atoms with Gasteiger partial charge in [-0.2, -0.15) is 5.10 Å². The van der Waals surface area contributed by atoms with Crippen LogP contribution >= 0.6 is 11.3 Å². The number of amides is 1. The summed E-state index contributed by atoms with van der Waals surface area (Å²) in [6, 6.07) is 0. The van der Waals surface area contributed by atoms with E-state index < -0.39 is 0 Å². The first kappa shape index (κ1) is 15.7. The van der Waals surface area contributed by atoms with Crippen molar-refractivity contribution in [2.75, 3.05) is 18.4 Å². The zero-order chi connectivity index (χ0) is 17.0. The molecule has 0 aromatic carbocycles. The minimum absolute atomic E-state index is 0.0406. The van der Waals surface area contributed by atoms with Gasteiger partial charge in [0.25, 0.3) is 5.91 Å². The predicted octanol–water partition coefficient (Wildman–Crippen LogP) is 2.33. The van der Waals surface area contributed by atoms with Gasteiger partial charge in [-0.05, 0) is 32.4 Å². The number of rotatable bonds is 2. The van der Waals surface area contributed by atoms with Crippen molar-refractivity contribution < 1.29 is 4.79 Å². The second-order valence-electron chi connectivity index (χ2n) is 6.59. The number of likely N-dealkylation sites (N-methyl/N-ethyl adjacent to an activating group) is 1. The van der Waals surface area contributed by atoms with Gasteiger partial charge in [0.2, 0.25) is 0 Å². The van der Waals surface area contributed by atoms with E-state index in [1.807, 2.05) is 25.6 Å². The SMILES string of the molecule is CCN1CCc2c(sc3c2C(=O)NC(c2c(C)nn(C)c2C)N3)C1. The molecule has 0 spiro atoms. The summed E-state index contributed by atoms with van der Waals surface area (Å²) in [5.41, 5.74) is 5.20. The molecule has 2 aromatic rings. The third kappa shape index (κ3) is 2.26. The van der Waals surface area contributed by atoms with Crippen LogP contribution in [0.1, 0.15) is 50.8 Å². The quantitative estimate of drug-likeness (QED) is 0.877. The topological polar surface area (TPSA) is 62.2 Å². The molecule has 2 aliphatic heterocycles. The van der Waals surface area contributed by atoms with E-state index >= 15 is 0 Å². The van der Waals surface area contributed by atoms with Crippen molar-refractivity contribution >= 4 is 22.2 Å². The lowest BCUT2D eigenvalue weighted by Gasteiger charge is -2.28. The molecule has 2 N–H and O–H groups in total. The molecule has 4 rings (SSSR count). The zero-order valence-corrected chi connectivity index (χ0v) is 15.4. The monoisotopic (exact) mass is 345 g/mol. The van der Waals surface area contributed by atoms with E-state index in [-0.39, 0.29) is 12.1 Å². The lowest BCUT2D eigenvalue weighted by atomic mass is 10.00. The summed E-state index contributed by atoms with van der Waals surface area (Å²) in [6.07, 6.45) is 0.751. The maximum atomic E-state index is 12.8. The van der Waals surface area contributed by atoms with E-state index in [2.05, 4.69) is 27.6 Å². The number of hydrogen-bond acceptors (Lipinski definition) is 5. The highest BCUT2D eigenvalue weighted by Gasteiger charge is 2.34. The number of aromatic nitrogens is 2. The van der Waals surface area contributed by atoms with Gasteiger partial charge >= 0.3 is 0 Å². The van der Waals surface area contributed by atoms with Gasteiger partial charge in [0, 0.05) is 36.3 Å². The summed E-state index contributed by atoms with van der Waals surface area (Å²) in [6.45, 7) is 9.26. The molecular formula is C17H23N5OS. The van der Waals surface area contributed by atoms with Crippen LogP contribution in [0.4, 0.5) is 5.00 Å². The molecule has 0 fully saturated rings. The van der Waals surface area contributed by atoms with Crippen molar-refractivity contribution in [3.05, 3.63) is 33.0 Å². The molecule has 7 heteroatoms. The summed E-state index contributed by atoms with van der Waals surface area (Å²) in [4.78, 5) is 16.6. The molecule has 128 valence electrons. The normalized spacial score (nSPS) is 20.3. The number of anilines is 1. The van der Waals surface area contributed by atoms with Gasteiger partial charge < -0.3 is 10.6 Å². The molecule has 2 aliphatic rings. The van der Waals surface area contributed by atoms with Gasteiger partial charge in [0.05, 0.1) is 11.3 Å². The molecule has 4 heterocycles. The van der Waals surface area contributed by atoms with Gasteiger partial charge in [0.1, 0.15) is 11.2 Å². The Morgan fingerprint density at radius 1 is 1.33 bits per heavy atom. The fraction of sp³-hybridized carbons (Fsp3) is 0.529. The standard InChI is InChI=1S/C17H23N5OS/c1-5-22-7-6-11-12(8-22)24-17-14(11)16(23)18-15(19-17)13-9(2)20-21(4)10(13)3/h15,19H,5-8H2,1-4H3,(H,18,23). The van der Waals surface area contributed by atoms with Gasteiger partial charge in [-0.15, -0.1) is 11.3 Å². The van der Waals surface area contributed by atoms with Crippen molar-refractivity contribution in [3.63, 3.8) is 0 Å². The average molecular weight is 345 g/mol. The third-order valence-corrected chi connectivity index (χ3v) is 6.36. The fourth-order valence-corrected chi connectivity index (χ4v) is 5.11. The predicted molar refractivity (Wildman–Crippen MR) is 95.5 cm³/mol. The number of carbonyl (C=O) groups is 1. The Bertz CT molecular complexity index is 822. The van der Waals surface area contributed by atoms with Crippen LogP contribution in [0.2, 0.25) is 0 Å². The molecule has 0 radical (unpaired) electrons. The number of fused-ring (bicyclic) bond motifs is 3. The Balaban J connectivity index is 1.71. The highest BCUT2D eigenvalue weighted by molar-refractivity contribution is 7.16. The van der Waals surface area contributed by atoms with E-state index in [0.717, 1.165) is 53.6 Å². The lowest BCUT2D eigenvalue weighted by Crippen LogP contribution is -2.39. The van der Waals surface area contributed by atoms with Gasteiger partial charge in [-0.25, -0.2) is 0 Å². The van der Waals surface area contributed by atoms with Crippen LogP contribution in [0.15, 0.2) is 0 Å². The van der Waals surface area contributed by atoms with Crippen LogP contribution in [0, 0.1) is 13.8 Å². The molecule has 0 bridgehead atoms. The molecular weight excluding hydrogens is 322 g/mol. The molecule has 0 saturated heterocycles. The van der Waals surface area contributed by atoms with Crippen molar-refractivity contribution in [2.45, 2.75) is 39.9 Å². The average Bonchev–Trinajstić information content (AvgIpc) is 3.03. The summed E-state index contributed by atoms with van der Waals surface area (Å²) >= 11 is 1.74. The third-order valence-electron chi connectivity index (χ3n) is 5.21. The Labute approximate surface area is 145 Å². The summed E-state index contributed by atoms with van der Waals surface area (Å²) < 4.78 is 1.87. The van der Waals surface area contributed by atoms with E-state index in [1.54, 1.807) is 11.3 Å². The summed E-state index contributed by atoms with van der Waals surface area (Å²) in [5.74, 6) is 0.0406. The number of carbonyl (C=O) groups excluding carboxylic acids is 1. The zero-order valence-electron chi connectivity index (χ0n) is 14.6. The largest absolute Gasteiger partial charge is 0.352 e. The van der Waals surface area contributed by atoms with Crippen LogP contribution in [0.25, 0.3) is 0 Å². The Kier molecular flexibility index (Phi) is 3.65. The number of hydrogen-bond donors (Lipinski definition) is 2. The van der Waals surface area contributed by atoms with Crippen LogP contribution in [0.3, 0.4) is 0 Å². The van der Waals surface area contributed by atoms with Crippen LogP contribution < -0.4 is 10.6 Å². The minimum Gasteiger partial charge on any atom is -0.352 e. The minimum atomic E-state index is -0.207. The van der Waals surface area contributed by atoms with Crippen molar-refractivity contribution in [2.24, 2.45) is 7.05 Å². The first-order valence-corrected chi connectivity index (χ1v) is 9.25. The van der Waals surface area contributed by atoms with Crippen LogP contribution in [-0.4, -0.2) is 33.7 Å². The Morgan fingerprint density at radius 2 is 2.12 bits per heavy atom. The van der Waals surface area contributed by atoms with E-state index in [0.29, 0.717) is 0 Å². The number of nitrogens with one attached hydrogen (secondary N) is 2. The van der Waals surface area contributed by atoms with Crippen molar-refractivity contribution in [1.29, 1.82) is 0 Å². The lowest BCUT2D eigenvalue weighted by molar-refractivity contribution is 0.0934. The molecule has 0 aliphatic carbocycles. The van der Waals surface area contributed by atoms with Gasteiger partial charge in [0.15, 0.2) is 0 Å². The van der Waals surface area contributed by atoms with Crippen LogP contribution in [0.5, 0.6) is 0 Å². The van der Waals surface area contributed by atoms with Crippen LogP contribution in [-0.2, 0) is 20.0 Å². The maximum Gasteiger partial charge on any atom is 0.256 e. The molecule has 1 unspecified atom stereocenters. The first-order valence-electron chi connectivity index (χ1n) is 8.44. The molecule has 1 atom stereocenters. The molecule has 0 saturated carbocycles. The second-order valence-corrected chi connectivity index (χ2v) is 7.69. The fourth-order valence-electron chi connectivity index (χ4n) is 3.79.